The summed E-state index contributed by atoms with van der Waals surface area (Å²) in [6.45, 7) is 17.2. The van der Waals surface area contributed by atoms with Crippen LogP contribution in [0.2, 0.25) is 0 Å². The molecular formula is C34H46N2O8. The molecule has 0 aliphatic rings. The minimum Gasteiger partial charge on any atom is -0.487 e. The van der Waals surface area contributed by atoms with E-state index < -0.39 is 23.5 Å². The second-order valence-corrected chi connectivity index (χ2v) is 12.9. The summed E-state index contributed by atoms with van der Waals surface area (Å²) in [4.78, 5) is 22.8. The van der Waals surface area contributed by atoms with Crippen molar-refractivity contribution in [1.82, 2.24) is 10.6 Å². The first-order chi connectivity index (χ1) is 20.5. The number of rotatable bonds is 10. The van der Waals surface area contributed by atoms with Crippen LogP contribution in [0.15, 0.2) is 67.0 Å². The first-order valence-electron chi connectivity index (χ1n) is 14.7. The number of β-amino-alcohol motifs (C(OH)–C–C–N with tert-alkyl or cyclic N) is 2. The van der Waals surface area contributed by atoms with E-state index in [-0.39, 0.29) is 24.3 Å². The highest BCUT2D eigenvalue weighted by molar-refractivity contribution is 5.86. The van der Waals surface area contributed by atoms with Gasteiger partial charge in [-0.2, -0.15) is 0 Å². The molecule has 0 amide bonds. The molecule has 0 fully saturated rings. The van der Waals surface area contributed by atoms with Crippen LogP contribution in [0.4, 0.5) is 0 Å². The number of fused-ring (bicyclic) bond motifs is 2. The van der Waals surface area contributed by atoms with Crippen molar-refractivity contribution in [2.24, 2.45) is 0 Å². The number of benzene rings is 2. The van der Waals surface area contributed by atoms with E-state index in [2.05, 4.69) is 10.6 Å². The average Bonchev–Trinajstić information content (AvgIpc) is 2.94. The van der Waals surface area contributed by atoms with E-state index in [1.807, 2.05) is 67.5 Å². The van der Waals surface area contributed by atoms with Crippen LogP contribution in [0.5, 0.6) is 11.5 Å². The lowest BCUT2D eigenvalue weighted by atomic mass is 10.1. The van der Waals surface area contributed by atoms with Gasteiger partial charge in [-0.25, -0.2) is 9.59 Å². The number of aliphatic hydroxyl groups is 2. The van der Waals surface area contributed by atoms with Crippen molar-refractivity contribution in [3.05, 3.63) is 80.5 Å². The van der Waals surface area contributed by atoms with E-state index in [9.17, 15) is 19.8 Å². The molecule has 0 saturated carbocycles. The molecule has 0 aliphatic carbocycles. The standard InChI is InChI=1S/2C17H23NO4/c2*1-11-5-7-14(16-13(11)6-8-15(20)22-16)21-10-12(19)9-18-17(2,3)4/h2*5-8,12,18-19H,9-10H2,1-4H3. The lowest BCUT2D eigenvalue weighted by molar-refractivity contribution is 0.100. The second-order valence-electron chi connectivity index (χ2n) is 12.9. The van der Waals surface area contributed by atoms with Crippen LogP contribution < -0.4 is 31.4 Å². The van der Waals surface area contributed by atoms with Gasteiger partial charge in [-0.3, -0.25) is 0 Å². The minimum atomic E-state index is -0.647. The lowest BCUT2D eigenvalue weighted by Gasteiger charge is -2.23. The molecule has 10 heteroatoms. The van der Waals surface area contributed by atoms with Gasteiger partial charge in [0.15, 0.2) is 22.7 Å². The Hall–Kier alpha value is -3.70. The van der Waals surface area contributed by atoms with Crippen molar-refractivity contribution < 1.29 is 28.5 Å². The molecule has 240 valence electrons. The van der Waals surface area contributed by atoms with Gasteiger partial charge in [-0.15, -0.1) is 0 Å². The molecule has 44 heavy (non-hydrogen) atoms. The van der Waals surface area contributed by atoms with Crippen molar-refractivity contribution >= 4 is 21.9 Å². The van der Waals surface area contributed by atoms with Gasteiger partial charge in [0.1, 0.15) is 25.4 Å². The zero-order valence-electron chi connectivity index (χ0n) is 26.9. The fraction of sp³-hybridized carbons (Fsp3) is 0.471. The topological polar surface area (TPSA) is 143 Å². The molecule has 4 N–H and O–H groups in total. The fourth-order valence-electron chi connectivity index (χ4n) is 4.12. The van der Waals surface area contributed by atoms with E-state index in [1.54, 1.807) is 24.3 Å². The van der Waals surface area contributed by atoms with Gasteiger partial charge in [0.05, 0.1) is 0 Å². The third-order valence-corrected chi connectivity index (χ3v) is 6.53. The maximum Gasteiger partial charge on any atom is 0.336 e. The summed E-state index contributed by atoms with van der Waals surface area (Å²) < 4.78 is 21.8. The van der Waals surface area contributed by atoms with Crippen LogP contribution in [0, 0.1) is 13.8 Å². The molecular weight excluding hydrogens is 564 g/mol. The van der Waals surface area contributed by atoms with Crippen LogP contribution in [0.1, 0.15) is 52.7 Å². The highest BCUT2D eigenvalue weighted by atomic mass is 16.5. The Labute approximate surface area is 258 Å². The van der Waals surface area contributed by atoms with Gasteiger partial charge in [-0.05, 0) is 90.8 Å². The second kappa shape index (κ2) is 14.9. The Kier molecular flexibility index (Phi) is 11.7. The van der Waals surface area contributed by atoms with Gasteiger partial charge in [0.25, 0.3) is 0 Å². The molecule has 2 unspecified atom stereocenters. The van der Waals surface area contributed by atoms with E-state index in [0.29, 0.717) is 35.8 Å². The molecule has 0 radical (unpaired) electrons. The zero-order chi connectivity index (χ0) is 32.7. The summed E-state index contributed by atoms with van der Waals surface area (Å²) in [5.41, 5.74) is 1.87. The molecule has 2 aromatic carbocycles. The highest BCUT2D eigenvalue weighted by Gasteiger charge is 2.16. The van der Waals surface area contributed by atoms with Crippen molar-refractivity contribution in [3.63, 3.8) is 0 Å². The number of aryl methyl sites for hydroxylation is 2. The maximum absolute atomic E-state index is 11.4. The largest absolute Gasteiger partial charge is 0.487 e. The zero-order valence-corrected chi connectivity index (χ0v) is 26.9. The molecule has 2 aromatic heterocycles. The number of hydrogen-bond acceptors (Lipinski definition) is 10. The first-order valence-corrected chi connectivity index (χ1v) is 14.7. The van der Waals surface area contributed by atoms with Crippen LogP contribution in [0.3, 0.4) is 0 Å². The Morgan fingerprint density at radius 1 is 0.636 bits per heavy atom. The molecule has 0 bridgehead atoms. The predicted octanol–water partition coefficient (Wildman–Crippen LogP) is 4.46. The molecule has 10 nitrogen and oxygen atoms in total. The van der Waals surface area contributed by atoms with E-state index in [1.165, 1.54) is 12.1 Å². The third-order valence-electron chi connectivity index (χ3n) is 6.53. The van der Waals surface area contributed by atoms with Gasteiger partial charge >= 0.3 is 11.3 Å². The quantitative estimate of drug-likeness (QED) is 0.190. The minimum absolute atomic E-state index is 0.0652. The molecule has 0 spiro atoms. The van der Waals surface area contributed by atoms with E-state index >= 15 is 0 Å². The molecule has 0 aliphatic heterocycles. The Balaban J connectivity index is 0.000000240. The summed E-state index contributed by atoms with van der Waals surface area (Å²) in [5.74, 6) is 0.932. The number of ether oxygens (including phenoxy) is 2. The molecule has 0 saturated heterocycles. The Morgan fingerprint density at radius 2 is 1.00 bits per heavy atom. The van der Waals surface area contributed by atoms with Crippen LogP contribution in [-0.2, 0) is 0 Å². The van der Waals surface area contributed by atoms with E-state index in [4.69, 9.17) is 18.3 Å². The summed E-state index contributed by atoms with van der Waals surface area (Å²) >= 11 is 0. The van der Waals surface area contributed by atoms with Gasteiger partial charge < -0.3 is 39.2 Å². The normalized spacial score (nSPS) is 13.3. The van der Waals surface area contributed by atoms with E-state index in [0.717, 1.165) is 21.9 Å². The van der Waals surface area contributed by atoms with Gasteiger partial charge in [0, 0.05) is 47.1 Å². The fourth-order valence-corrected chi connectivity index (χ4v) is 4.12. The van der Waals surface area contributed by atoms with Crippen molar-refractivity contribution in [2.75, 3.05) is 26.3 Å². The smallest absolute Gasteiger partial charge is 0.336 e. The van der Waals surface area contributed by atoms with Gasteiger partial charge in [-0.1, -0.05) is 12.1 Å². The summed E-state index contributed by atoms with van der Waals surface area (Å²) in [7, 11) is 0. The third kappa shape index (κ3) is 10.8. The number of nitrogens with one attached hydrogen (secondary N) is 2. The van der Waals surface area contributed by atoms with Crippen molar-refractivity contribution in [3.8, 4) is 11.5 Å². The summed E-state index contributed by atoms with van der Waals surface area (Å²) in [5, 5.41) is 28.0. The first kappa shape index (κ1) is 34.8. The van der Waals surface area contributed by atoms with Crippen molar-refractivity contribution in [1.29, 1.82) is 0 Å². The number of hydrogen-bond donors (Lipinski definition) is 4. The van der Waals surface area contributed by atoms with Crippen molar-refractivity contribution in [2.45, 2.75) is 78.7 Å². The summed E-state index contributed by atoms with van der Waals surface area (Å²) in [6.07, 6.45) is -1.29. The molecule has 2 atom stereocenters. The number of aliphatic hydroxyl groups excluding tert-OH is 2. The summed E-state index contributed by atoms with van der Waals surface area (Å²) in [6, 6.07) is 13.5. The monoisotopic (exact) mass is 610 g/mol. The average molecular weight is 611 g/mol. The molecule has 4 rings (SSSR count). The highest BCUT2D eigenvalue weighted by Crippen LogP contribution is 2.28. The van der Waals surface area contributed by atoms with Crippen LogP contribution >= 0.6 is 0 Å². The predicted molar refractivity (Wildman–Crippen MR) is 173 cm³/mol. The lowest BCUT2D eigenvalue weighted by Crippen LogP contribution is -2.42. The molecule has 2 heterocycles. The maximum atomic E-state index is 11.4. The van der Waals surface area contributed by atoms with Crippen LogP contribution in [-0.4, -0.2) is 59.8 Å². The van der Waals surface area contributed by atoms with Crippen LogP contribution in [0.25, 0.3) is 21.9 Å². The Morgan fingerprint density at radius 3 is 1.34 bits per heavy atom. The SMILES string of the molecule is Cc1ccc(OCC(O)CNC(C)(C)C)c2oc(=O)ccc12.Cc1ccc(OCC(O)CNC(C)(C)C)c2oc(=O)ccc12. The van der Waals surface area contributed by atoms with Gasteiger partial charge in [0.2, 0.25) is 0 Å². The Bertz CT molecular complexity index is 1520. The molecule has 4 aromatic rings.